The molecule has 4 fully saturated rings. The molecule has 4 atom stereocenters. The van der Waals surface area contributed by atoms with Crippen LogP contribution in [0, 0.1) is 29.6 Å². The van der Waals surface area contributed by atoms with Crippen molar-refractivity contribution >= 4 is 23.7 Å². The van der Waals surface area contributed by atoms with E-state index in [2.05, 4.69) is 43.3 Å². The van der Waals surface area contributed by atoms with Crippen LogP contribution < -0.4 is 0 Å². The van der Waals surface area contributed by atoms with E-state index in [1.165, 1.54) is 44.9 Å². The van der Waals surface area contributed by atoms with Crippen LogP contribution >= 0.6 is 0 Å². The van der Waals surface area contributed by atoms with Gasteiger partial charge in [0, 0.05) is 12.3 Å². The van der Waals surface area contributed by atoms with Crippen molar-refractivity contribution in [2.24, 2.45) is 29.6 Å². The Morgan fingerprint density at radius 3 is 2.32 bits per heavy atom. The number of carbonyl (C=O) groups is 2. The van der Waals surface area contributed by atoms with Crippen molar-refractivity contribution in [1.82, 2.24) is 0 Å². The maximum Gasteiger partial charge on any atom is 0.162 e. The summed E-state index contributed by atoms with van der Waals surface area (Å²) in [5.74, 6) is 3.70. The Labute approximate surface area is 187 Å². The summed E-state index contributed by atoms with van der Waals surface area (Å²) in [7, 11) is 0. The summed E-state index contributed by atoms with van der Waals surface area (Å²) >= 11 is 0. The largest absolute Gasteiger partial charge is 0.295 e. The van der Waals surface area contributed by atoms with Gasteiger partial charge in [0.15, 0.2) is 11.6 Å². The highest BCUT2D eigenvalue weighted by molar-refractivity contribution is 6.05. The van der Waals surface area contributed by atoms with Crippen LogP contribution in [0.4, 0.5) is 0 Å². The van der Waals surface area contributed by atoms with Gasteiger partial charge < -0.3 is 0 Å². The normalized spacial score (nSPS) is 31.7. The van der Waals surface area contributed by atoms with Crippen LogP contribution in [0.5, 0.6) is 0 Å². The fourth-order valence-corrected chi connectivity index (χ4v) is 7.11. The number of benzene rings is 1. The van der Waals surface area contributed by atoms with Gasteiger partial charge >= 0.3 is 0 Å². The van der Waals surface area contributed by atoms with E-state index in [0.717, 1.165) is 47.5 Å². The van der Waals surface area contributed by atoms with Crippen molar-refractivity contribution in [3.05, 3.63) is 46.5 Å². The van der Waals surface area contributed by atoms with E-state index in [0.29, 0.717) is 41.7 Å². The van der Waals surface area contributed by atoms with E-state index in [1.807, 2.05) is 0 Å². The molecule has 0 radical (unpaired) electrons. The second kappa shape index (κ2) is 8.88. The van der Waals surface area contributed by atoms with Crippen molar-refractivity contribution in [2.75, 3.05) is 0 Å². The molecule has 0 amide bonds. The predicted octanol–water partition coefficient (Wildman–Crippen LogP) is 7.04. The first-order valence-electron chi connectivity index (χ1n) is 12.7. The van der Waals surface area contributed by atoms with Gasteiger partial charge in [0.2, 0.25) is 0 Å². The van der Waals surface area contributed by atoms with Gasteiger partial charge in [-0.3, -0.25) is 9.59 Å². The first kappa shape index (κ1) is 20.9. The topological polar surface area (TPSA) is 34.1 Å². The molecule has 4 saturated carbocycles. The molecule has 0 aliphatic heterocycles. The summed E-state index contributed by atoms with van der Waals surface area (Å²) in [5.41, 5.74) is 4.33. The second-order valence-electron chi connectivity index (χ2n) is 10.5. The molecule has 2 heteroatoms. The Morgan fingerprint density at radius 2 is 1.61 bits per heavy atom. The van der Waals surface area contributed by atoms with Gasteiger partial charge in [-0.05, 0) is 90.2 Å². The summed E-state index contributed by atoms with van der Waals surface area (Å²) in [6.07, 6.45) is 16.9. The number of fused-ring (bicyclic) bond motifs is 5. The summed E-state index contributed by atoms with van der Waals surface area (Å²) < 4.78 is 0. The van der Waals surface area contributed by atoms with E-state index < -0.39 is 0 Å². The van der Waals surface area contributed by atoms with Crippen molar-refractivity contribution in [3.63, 3.8) is 0 Å². The summed E-state index contributed by atoms with van der Waals surface area (Å²) in [5, 5.41) is 0. The van der Waals surface area contributed by atoms with Crippen molar-refractivity contribution < 1.29 is 9.59 Å². The molecule has 0 spiro atoms. The lowest BCUT2D eigenvalue weighted by Gasteiger charge is -2.25. The number of allylic oxidation sites excluding steroid dienone is 2. The Kier molecular flexibility index (Phi) is 5.99. The third kappa shape index (κ3) is 4.11. The molecule has 0 heterocycles. The van der Waals surface area contributed by atoms with Crippen LogP contribution in [0.3, 0.4) is 0 Å². The van der Waals surface area contributed by atoms with E-state index in [9.17, 15) is 9.59 Å². The van der Waals surface area contributed by atoms with Crippen LogP contribution in [-0.4, -0.2) is 11.6 Å². The van der Waals surface area contributed by atoms with Gasteiger partial charge in [-0.2, -0.15) is 0 Å². The second-order valence-corrected chi connectivity index (χ2v) is 10.5. The lowest BCUT2D eigenvalue weighted by Crippen LogP contribution is -2.26. The number of hydrogen-bond acceptors (Lipinski definition) is 2. The fraction of sp³-hybridized carbons (Fsp3) is 0.586. The van der Waals surface area contributed by atoms with Crippen LogP contribution in [0.1, 0.15) is 88.7 Å². The Morgan fingerprint density at radius 1 is 0.935 bits per heavy atom. The molecule has 1 aromatic rings. The molecule has 2 nitrogen and oxygen atoms in total. The van der Waals surface area contributed by atoms with Crippen molar-refractivity contribution in [2.45, 2.75) is 77.6 Å². The summed E-state index contributed by atoms with van der Waals surface area (Å²) in [6, 6.07) is 8.50. The van der Waals surface area contributed by atoms with E-state index in [1.54, 1.807) is 0 Å². The van der Waals surface area contributed by atoms with Gasteiger partial charge in [0.05, 0.1) is 0 Å². The molecular weight excluding hydrogens is 380 g/mol. The molecule has 2 bridgehead atoms. The molecule has 31 heavy (non-hydrogen) atoms. The van der Waals surface area contributed by atoms with E-state index in [-0.39, 0.29) is 0 Å². The van der Waals surface area contributed by atoms with Crippen molar-refractivity contribution in [3.8, 4) is 0 Å². The van der Waals surface area contributed by atoms with Gasteiger partial charge in [0.1, 0.15) is 0 Å². The molecule has 164 valence electrons. The van der Waals surface area contributed by atoms with Crippen LogP contribution in [0.15, 0.2) is 35.4 Å². The molecular formula is C29H36O2. The minimum atomic E-state index is 0.314. The van der Waals surface area contributed by atoms with Crippen molar-refractivity contribution in [1.29, 1.82) is 0 Å². The average Bonchev–Trinajstić information content (AvgIpc) is 3.54. The van der Waals surface area contributed by atoms with Gasteiger partial charge in [-0.25, -0.2) is 0 Å². The molecule has 0 aromatic heterocycles. The number of Topliss-reactive ketones (excluding diaryl/α,β-unsaturated/α-hetero) is 2. The minimum Gasteiger partial charge on any atom is -0.295 e. The highest BCUT2D eigenvalue weighted by Crippen LogP contribution is 2.59. The molecule has 4 aliphatic carbocycles. The lowest BCUT2D eigenvalue weighted by atomic mass is 9.78. The van der Waals surface area contributed by atoms with Gasteiger partial charge in [-0.1, -0.05) is 63.3 Å². The monoisotopic (exact) mass is 416 g/mol. The number of hydrogen-bond donors (Lipinski definition) is 0. The van der Waals surface area contributed by atoms with Crippen LogP contribution in [0.25, 0.3) is 12.2 Å². The fourth-order valence-electron chi connectivity index (χ4n) is 7.11. The third-order valence-electron chi connectivity index (χ3n) is 8.61. The maximum absolute atomic E-state index is 12.9. The molecule has 4 unspecified atom stereocenters. The molecule has 0 saturated heterocycles. The van der Waals surface area contributed by atoms with E-state index in [4.69, 9.17) is 0 Å². The Bertz CT molecular complexity index is 897. The third-order valence-corrected chi connectivity index (χ3v) is 8.61. The molecule has 4 aliphatic rings. The Balaban J connectivity index is 1.33. The first-order chi connectivity index (χ1) is 15.1. The Hall–Kier alpha value is -1.96. The van der Waals surface area contributed by atoms with Gasteiger partial charge in [0.25, 0.3) is 0 Å². The SMILES string of the molecule is CCCC(=O)/C(=C/c1ccc(/C=C2/C(=O)C3CC2C2CCCC32)cc1)CC1CCCC1. The number of ketones is 2. The summed E-state index contributed by atoms with van der Waals surface area (Å²) in [4.78, 5) is 25.6. The number of carbonyl (C=O) groups excluding carboxylic acids is 2. The zero-order valence-corrected chi connectivity index (χ0v) is 18.9. The maximum atomic E-state index is 12.9. The summed E-state index contributed by atoms with van der Waals surface area (Å²) in [6.45, 7) is 2.08. The lowest BCUT2D eigenvalue weighted by molar-refractivity contribution is -0.120. The van der Waals surface area contributed by atoms with E-state index >= 15 is 0 Å². The van der Waals surface area contributed by atoms with Gasteiger partial charge in [-0.15, -0.1) is 0 Å². The zero-order valence-electron chi connectivity index (χ0n) is 18.9. The quantitative estimate of drug-likeness (QED) is 0.447. The average molecular weight is 417 g/mol. The standard InChI is InChI=1S/C29H36O2/c1-2-6-28(30)22(15-19-7-3-4-8-19)16-20-11-13-21(14-12-20)17-26-25-18-27(29(26)31)24-10-5-9-23(24)25/h11-14,16-17,19,23-25,27H,2-10,15,18H2,1H3/b22-16+,26-17+. The number of rotatable bonds is 7. The molecule has 1 aromatic carbocycles. The predicted molar refractivity (Wildman–Crippen MR) is 126 cm³/mol. The van der Waals surface area contributed by atoms with Crippen LogP contribution in [-0.2, 0) is 9.59 Å². The minimum absolute atomic E-state index is 0.314. The zero-order chi connectivity index (χ0) is 21.4. The molecule has 0 N–H and O–H groups in total. The molecule has 5 rings (SSSR count). The first-order valence-corrected chi connectivity index (χ1v) is 12.7. The highest BCUT2D eigenvalue weighted by Gasteiger charge is 2.56. The van der Waals surface area contributed by atoms with Crippen LogP contribution in [0.2, 0.25) is 0 Å². The smallest absolute Gasteiger partial charge is 0.162 e. The highest BCUT2D eigenvalue weighted by atomic mass is 16.1.